The number of halogens is 1. The van der Waals surface area contributed by atoms with E-state index in [4.69, 9.17) is 10.5 Å². The lowest BCUT2D eigenvalue weighted by molar-refractivity contribution is 0.417. The van der Waals surface area contributed by atoms with Crippen LogP contribution in [0.5, 0.6) is 5.75 Å². The van der Waals surface area contributed by atoms with Gasteiger partial charge in [-0.15, -0.1) is 5.10 Å². The lowest BCUT2D eigenvalue weighted by Crippen LogP contribution is -2.03. The molecule has 0 atom stereocenters. The van der Waals surface area contributed by atoms with Gasteiger partial charge in [0.05, 0.1) is 12.8 Å². The first kappa shape index (κ1) is 13.0. The number of rotatable bonds is 3. The molecule has 3 rings (SSSR count). The van der Waals surface area contributed by atoms with Crippen molar-refractivity contribution in [3.63, 3.8) is 0 Å². The van der Waals surface area contributed by atoms with E-state index >= 15 is 0 Å². The highest BCUT2D eigenvalue weighted by Crippen LogP contribution is 2.28. The largest absolute Gasteiger partial charge is 0.495 e. The summed E-state index contributed by atoms with van der Waals surface area (Å²) < 4.78 is 20.3. The molecule has 21 heavy (non-hydrogen) atoms. The summed E-state index contributed by atoms with van der Waals surface area (Å²) in [6.45, 7) is 0. The predicted octanol–water partition coefficient (Wildman–Crippen LogP) is 2.06. The standard InChI is InChI=1S/C14H12FN5O/c1-21-13-7-6-9(8-11(13)16)14-17-18-19-20(14)12-5-3-2-4-10(12)15/h2-8H,16H2,1H3. The topological polar surface area (TPSA) is 78.9 Å². The Morgan fingerprint density at radius 1 is 1.19 bits per heavy atom. The number of aromatic nitrogens is 4. The van der Waals surface area contributed by atoms with E-state index < -0.39 is 5.82 Å². The summed E-state index contributed by atoms with van der Waals surface area (Å²) in [6, 6.07) is 11.4. The summed E-state index contributed by atoms with van der Waals surface area (Å²) in [5.41, 5.74) is 7.27. The molecule has 2 aromatic carbocycles. The first-order valence-electron chi connectivity index (χ1n) is 6.18. The van der Waals surface area contributed by atoms with Crippen LogP contribution in [0.3, 0.4) is 0 Å². The number of tetrazole rings is 1. The van der Waals surface area contributed by atoms with Crippen molar-refractivity contribution in [3.05, 3.63) is 48.3 Å². The van der Waals surface area contributed by atoms with Gasteiger partial charge >= 0.3 is 0 Å². The highest BCUT2D eigenvalue weighted by molar-refractivity contribution is 5.67. The van der Waals surface area contributed by atoms with E-state index in [1.807, 2.05) is 0 Å². The minimum absolute atomic E-state index is 0.270. The Hall–Kier alpha value is -2.96. The number of hydrogen-bond acceptors (Lipinski definition) is 5. The van der Waals surface area contributed by atoms with Crippen molar-refractivity contribution in [2.45, 2.75) is 0 Å². The maximum atomic E-state index is 13.9. The van der Waals surface area contributed by atoms with Crippen LogP contribution in [0.2, 0.25) is 0 Å². The number of anilines is 1. The number of methoxy groups -OCH3 is 1. The Labute approximate surface area is 120 Å². The van der Waals surface area contributed by atoms with Gasteiger partial charge < -0.3 is 10.5 Å². The van der Waals surface area contributed by atoms with Gasteiger partial charge in [-0.25, -0.2) is 4.39 Å². The Balaban J connectivity index is 2.11. The number of hydrogen-bond donors (Lipinski definition) is 1. The van der Waals surface area contributed by atoms with Crippen LogP contribution < -0.4 is 10.5 Å². The first-order valence-corrected chi connectivity index (χ1v) is 6.18. The molecule has 106 valence electrons. The Kier molecular flexibility index (Phi) is 3.23. The molecule has 7 heteroatoms. The second-order valence-corrected chi connectivity index (χ2v) is 4.32. The van der Waals surface area contributed by atoms with Crippen LogP contribution in [-0.4, -0.2) is 27.3 Å². The summed E-state index contributed by atoms with van der Waals surface area (Å²) in [6.07, 6.45) is 0. The minimum Gasteiger partial charge on any atom is -0.495 e. The number of nitrogen functional groups attached to an aromatic ring is 1. The normalized spacial score (nSPS) is 10.6. The zero-order valence-corrected chi connectivity index (χ0v) is 11.2. The molecule has 0 aliphatic carbocycles. The highest BCUT2D eigenvalue weighted by Gasteiger charge is 2.14. The van der Waals surface area contributed by atoms with Crippen molar-refractivity contribution in [1.29, 1.82) is 0 Å². The van der Waals surface area contributed by atoms with Crippen molar-refractivity contribution in [1.82, 2.24) is 20.2 Å². The van der Waals surface area contributed by atoms with Gasteiger partial charge in [0, 0.05) is 5.56 Å². The minimum atomic E-state index is -0.410. The van der Waals surface area contributed by atoms with E-state index in [-0.39, 0.29) is 5.69 Å². The number of para-hydroxylation sites is 1. The molecule has 0 aliphatic rings. The summed E-state index contributed by atoms with van der Waals surface area (Å²) in [5.74, 6) is 0.547. The monoisotopic (exact) mass is 285 g/mol. The van der Waals surface area contributed by atoms with E-state index in [9.17, 15) is 4.39 Å². The maximum absolute atomic E-state index is 13.9. The van der Waals surface area contributed by atoms with Gasteiger partial charge in [0.25, 0.3) is 0 Å². The molecule has 6 nitrogen and oxygen atoms in total. The molecule has 0 bridgehead atoms. The fourth-order valence-corrected chi connectivity index (χ4v) is 2.03. The Bertz CT molecular complexity index is 787. The van der Waals surface area contributed by atoms with Crippen LogP contribution in [0.4, 0.5) is 10.1 Å². The van der Waals surface area contributed by atoms with Gasteiger partial charge in [-0.1, -0.05) is 12.1 Å². The van der Waals surface area contributed by atoms with Crippen LogP contribution in [0.15, 0.2) is 42.5 Å². The summed E-state index contributed by atoms with van der Waals surface area (Å²) >= 11 is 0. The van der Waals surface area contributed by atoms with E-state index in [0.717, 1.165) is 0 Å². The van der Waals surface area contributed by atoms with E-state index in [2.05, 4.69) is 15.5 Å². The van der Waals surface area contributed by atoms with E-state index in [1.165, 1.54) is 17.9 Å². The zero-order valence-electron chi connectivity index (χ0n) is 11.2. The molecule has 0 unspecified atom stereocenters. The smallest absolute Gasteiger partial charge is 0.187 e. The lowest BCUT2D eigenvalue weighted by Gasteiger charge is -2.08. The SMILES string of the molecule is COc1ccc(-c2nnnn2-c2ccccc2F)cc1N. The third-order valence-electron chi connectivity index (χ3n) is 3.04. The fourth-order valence-electron chi connectivity index (χ4n) is 2.03. The molecule has 2 N–H and O–H groups in total. The maximum Gasteiger partial charge on any atom is 0.187 e. The molecule has 0 amide bonds. The van der Waals surface area contributed by atoms with Crippen LogP contribution in [0.1, 0.15) is 0 Å². The van der Waals surface area contributed by atoms with Crippen molar-refractivity contribution < 1.29 is 9.13 Å². The average molecular weight is 285 g/mol. The molecule has 0 aliphatic heterocycles. The third-order valence-corrected chi connectivity index (χ3v) is 3.04. The fraction of sp³-hybridized carbons (Fsp3) is 0.0714. The molecule has 0 saturated heterocycles. The van der Waals surface area contributed by atoms with Crippen molar-refractivity contribution in [3.8, 4) is 22.8 Å². The number of nitrogens with two attached hydrogens (primary N) is 1. The summed E-state index contributed by atoms with van der Waals surface area (Å²) in [7, 11) is 1.54. The average Bonchev–Trinajstić information content (AvgIpc) is 2.97. The molecule has 0 fully saturated rings. The molecule has 3 aromatic rings. The molecule has 0 radical (unpaired) electrons. The van der Waals surface area contributed by atoms with Gasteiger partial charge in [0.2, 0.25) is 0 Å². The predicted molar refractivity (Wildman–Crippen MR) is 75.5 cm³/mol. The van der Waals surface area contributed by atoms with Crippen LogP contribution in [0, 0.1) is 5.82 Å². The second kappa shape index (κ2) is 5.20. The van der Waals surface area contributed by atoms with Crippen LogP contribution in [0.25, 0.3) is 17.1 Å². The van der Waals surface area contributed by atoms with Gasteiger partial charge in [-0.3, -0.25) is 0 Å². The van der Waals surface area contributed by atoms with E-state index in [0.29, 0.717) is 22.8 Å². The van der Waals surface area contributed by atoms with Gasteiger partial charge in [-0.2, -0.15) is 4.68 Å². The second-order valence-electron chi connectivity index (χ2n) is 4.32. The third kappa shape index (κ3) is 2.29. The van der Waals surface area contributed by atoms with Crippen LogP contribution >= 0.6 is 0 Å². The lowest BCUT2D eigenvalue weighted by atomic mass is 10.1. The van der Waals surface area contributed by atoms with Gasteiger partial charge in [0.1, 0.15) is 17.3 Å². The number of ether oxygens (including phenoxy) is 1. The Morgan fingerprint density at radius 2 is 2.00 bits per heavy atom. The van der Waals surface area contributed by atoms with Gasteiger partial charge in [-0.05, 0) is 40.8 Å². The van der Waals surface area contributed by atoms with E-state index in [1.54, 1.807) is 36.4 Å². The van der Waals surface area contributed by atoms with Crippen LogP contribution in [-0.2, 0) is 0 Å². The number of benzene rings is 2. The summed E-state index contributed by atoms with van der Waals surface area (Å²) in [4.78, 5) is 0. The first-order chi connectivity index (χ1) is 10.2. The molecular formula is C14H12FN5O. The molecule has 1 heterocycles. The summed E-state index contributed by atoms with van der Waals surface area (Å²) in [5, 5.41) is 11.4. The molecular weight excluding hydrogens is 273 g/mol. The number of nitrogens with zero attached hydrogens (tertiary/aromatic N) is 4. The highest BCUT2D eigenvalue weighted by atomic mass is 19.1. The molecule has 1 aromatic heterocycles. The Morgan fingerprint density at radius 3 is 2.71 bits per heavy atom. The van der Waals surface area contributed by atoms with Crippen molar-refractivity contribution in [2.75, 3.05) is 12.8 Å². The molecule has 0 spiro atoms. The molecule has 0 saturated carbocycles. The van der Waals surface area contributed by atoms with Crippen molar-refractivity contribution >= 4 is 5.69 Å². The van der Waals surface area contributed by atoms with Gasteiger partial charge in [0.15, 0.2) is 5.82 Å². The quantitative estimate of drug-likeness (QED) is 0.745. The van der Waals surface area contributed by atoms with Crippen molar-refractivity contribution in [2.24, 2.45) is 0 Å². The zero-order chi connectivity index (χ0) is 14.8.